The van der Waals surface area contributed by atoms with Gasteiger partial charge in [-0.1, -0.05) is 6.07 Å². The van der Waals surface area contributed by atoms with Gasteiger partial charge < -0.3 is 20.6 Å². The zero-order valence-corrected chi connectivity index (χ0v) is 11.4. The van der Waals surface area contributed by atoms with Crippen molar-refractivity contribution in [1.82, 2.24) is 15.5 Å². The van der Waals surface area contributed by atoms with Crippen molar-refractivity contribution in [2.24, 2.45) is 0 Å². The molecule has 0 aliphatic heterocycles. The standard InChI is InChI=1S/C13H20FN3O2/c1-9(11-5-4-10(18)8-12(11)14)15-6-7-16-13(19)17(2)3/h4-5,8-9,15,18H,6-7H2,1-3H3,(H,16,19). The minimum atomic E-state index is -0.447. The van der Waals surface area contributed by atoms with Gasteiger partial charge in [-0.05, 0) is 13.0 Å². The Hall–Kier alpha value is -1.82. The summed E-state index contributed by atoms with van der Waals surface area (Å²) in [5, 5.41) is 14.9. The molecule has 5 nitrogen and oxygen atoms in total. The Balaban J connectivity index is 2.39. The average Bonchev–Trinajstić information content (AvgIpc) is 2.33. The molecular weight excluding hydrogens is 249 g/mol. The molecule has 19 heavy (non-hydrogen) atoms. The lowest BCUT2D eigenvalue weighted by atomic mass is 10.1. The number of phenols is 1. The molecule has 0 saturated heterocycles. The fourth-order valence-corrected chi connectivity index (χ4v) is 1.59. The topological polar surface area (TPSA) is 64.6 Å². The molecule has 1 aromatic rings. The maximum atomic E-state index is 13.6. The smallest absolute Gasteiger partial charge is 0.316 e. The van der Waals surface area contributed by atoms with E-state index in [1.807, 2.05) is 6.92 Å². The van der Waals surface area contributed by atoms with Gasteiger partial charge in [0.25, 0.3) is 0 Å². The molecule has 1 rings (SSSR count). The third kappa shape index (κ3) is 4.75. The summed E-state index contributed by atoms with van der Waals surface area (Å²) in [6, 6.07) is 3.72. The van der Waals surface area contributed by atoms with Crippen molar-refractivity contribution in [3.8, 4) is 5.75 Å². The highest BCUT2D eigenvalue weighted by molar-refractivity contribution is 5.73. The van der Waals surface area contributed by atoms with Gasteiger partial charge in [-0.25, -0.2) is 9.18 Å². The molecule has 6 heteroatoms. The maximum absolute atomic E-state index is 13.6. The van der Waals surface area contributed by atoms with Gasteiger partial charge in [-0.15, -0.1) is 0 Å². The van der Waals surface area contributed by atoms with E-state index in [-0.39, 0.29) is 17.8 Å². The second kappa shape index (κ2) is 6.94. The molecule has 0 aromatic heterocycles. The Kier molecular flexibility index (Phi) is 5.57. The van der Waals surface area contributed by atoms with Crippen LogP contribution in [0.15, 0.2) is 18.2 Å². The van der Waals surface area contributed by atoms with Gasteiger partial charge in [-0.3, -0.25) is 0 Å². The molecule has 0 spiro atoms. The summed E-state index contributed by atoms with van der Waals surface area (Å²) in [6.07, 6.45) is 0. The summed E-state index contributed by atoms with van der Waals surface area (Å²) in [6.45, 7) is 2.81. The van der Waals surface area contributed by atoms with E-state index in [0.29, 0.717) is 18.7 Å². The molecule has 0 saturated carbocycles. The van der Waals surface area contributed by atoms with E-state index in [0.717, 1.165) is 6.07 Å². The van der Waals surface area contributed by atoms with Crippen LogP contribution in [-0.2, 0) is 0 Å². The molecule has 1 atom stereocenters. The van der Waals surface area contributed by atoms with Gasteiger partial charge in [0.1, 0.15) is 11.6 Å². The van der Waals surface area contributed by atoms with Crippen LogP contribution in [0.5, 0.6) is 5.75 Å². The Morgan fingerprint density at radius 1 is 1.42 bits per heavy atom. The van der Waals surface area contributed by atoms with Crippen molar-refractivity contribution in [3.63, 3.8) is 0 Å². The molecule has 1 unspecified atom stereocenters. The lowest BCUT2D eigenvalue weighted by Crippen LogP contribution is -2.38. The second-order valence-corrected chi connectivity index (χ2v) is 4.51. The van der Waals surface area contributed by atoms with Crippen molar-refractivity contribution in [2.75, 3.05) is 27.2 Å². The number of nitrogens with one attached hydrogen (secondary N) is 2. The first-order chi connectivity index (χ1) is 8.91. The number of amides is 2. The van der Waals surface area contributed by atoms with Crippen molar-refractivity contribution in [3.05, 3.63) is 29.6 Å². The predicted octanol–water partition coefficient (Wildman–Crippen LogP) is 1.45. The number of benzene rings is 1. The summed E-state index contributed by atoms with van der Waals surface area (Å²) < 4.78 is 13.6. The molecule has 0 fully saturated rings. The fraction of sp³-hybridized carbons (Fsp3) is 0.462. The normalized spacial score (nSPS) is 12.0. The van der Waals surface area contributed by atoms with E-state index in [4.69, 9.17) is 5.11 Å². The lowest BCUT2D eigenvalue weighted by molar-refractivity contribution is 0.217. The van der Waals surface area contributed by atoms with Crippen LogP contribution in [0, 0.1) is 5.82 Å². The third-order valence-corrected chi connectivity index (χ3v) is 2.71. The number of phenolic OH excluding ortho intramolecular Hbond substituents is 1. The van der Waals surface area contributed by atoms with Crippen molar-refractivity contribution in [1.29, 1.82) is 0 Å². The van der Waals surface area contributed by atoms with E-state index < -0.39 is 5.82 Å². The number of carbonyl (C=O) groups excluding carboxylic acids is 1. The van der Waals surface area contributed by atoms with Crippen molar-refractivity contribution in [2.45, 2.75) is 13.0 Å². The van der Waals surface area contributed by atoms with Gasteiger partial charge in [0.05, 0.1) is 0 Å². The first kappa shape index (κ1) is 15.2. The number of halogens is 1. The number of aromatic hydroxyl groups is 1. The SMILES string of the molecule is CC(NCCNC(=O)N(C)C)c1ccc(O)cc1F. The Morgan fingerprint density at radius 2 is 2.11 bits per heavy atom. The van der Waals surface area contributed by atoms with Crippen LogP contribution >= 0.6 is 0 Å². The number of carbonyl (C=O) groups is 1. The molecule has 3 N–H and O–H groups in total. The molecule has 1 aromatic carbocycles. The van der Waals surface area contributed by atoms with Gasteiger partial charge in [0, 0.05) is 44.9 Å². The summed E-state index contributed by atoms with van der Waals surface area (Å²) in [7, 11) is 3.33. The van der Waals surface area contributed by atoms with Crippen LogP contribution in [0.3, 0.4) is 0 Å². The molecule has 0 radical (unpaired) electrons. The minimum absolute atomic E-state index is 0.0910. The van der Waals surface area contributed by atoms with E-state index >= 15 is 0 Å². The van der Waals surface area contributed by atoms with Crippen molar-refractivity contribution >= 4 is 6.03 Å². The van der Waals surface area contributed by atoms with E-state index in [2.05, 4.69) is 10.6 Å². The van der Waals surface area contributed by atoms with Crippen LogP contribution in [0.4, 0.5) is 9.18 Å². The zero-order valence-electron chi connectivity index (χ0n) is 11.4. The van der Waals surface area contributed by atoms with Crippen LogP contribution in [0.25, 0.3) is 0 Å². The summed E-state index contributed by atoms with van der Waals surface area (Å²) in [4.78, 5) is 12.7. The first-order valence-corrected chi connectivity index (χ1v) is 6.08. The van der Waals surface area contributed by atoms with Gasteiger partial charge in [0.15, 0.2) is 0 Å². The number of hydrogen-bond donors (Lipinski definition) is 3. The van der Waals surface area contributed by atoms with E-state index in [1.54, 1.807) is 20.2 Å². The lowest BCUT2D eigenvalue weighted by Gasteiger charge is -2.16. The second-order valence-electron chi connectivity index (χ2n) is 4.51. The predicted molar refractivity (Wildman–Crippen MR) is 71.6 cm³/mol. The highest BCUT2D eigenvalue weighted by atomic mass is 19.1. The number of urea groups is 1. The molecule has 2 amide bonds. The molecule has 0 aliphatic rings. The first-order valence-electron chi connectivity index (χ1n) is 6.08. The molecule has 106 valence electrons. The molecule has 0 bridgehead atoms. The van der Waals surface area contributed by atoms with E-state index in [9.17, 15) is 9.18 Å². The Bertz CT molecular complexity index is 438. The van der Waals surface area contributed by atoms with Crippen molar-refractivity contribution < 1.29 is 14.3 Å². The van der Waals surface area contributed by atoms with Crippen LogP contribution < -0.4 is 10.6 Å². The van der Waals surface area contributed by atoms with Crippen LogP contribution in [0.1, 0.15) is 18.5 Å². The Labute approximate surface area is 112 Å². The maximum Gasteiger partial charge on any atom is 0.316 e. The molecular formula is C13H20FN3O2. The van der Waals surface area contributed by atoms with Gasteiger partial charge in [0.2, 0.25) is 0 Å². The monoisotopic (exact) mass is 269 g/mol. The van der Waals surface area contributed by atoms with Gasteiger partial charge >= 0.3 is 6.03 Å². The fourth-order valence-electron chi connectivity index (χ4n) is 1.59. The van der Waals surface area contributed by atoms with E-state index in [1.165, 1.54) is 11.0 Å². The quantitative estimate of drug-likeness (QED) is 0.709. The molecule has 0 heterocycles. The highest BCUT2D eigenvalue weighted by Crippen LogP contribution is 2.20. The zero-order chi connectivity index (χ0) is 14.4. The highest BCUT2D eigenvalue weighted by Gasteiger charge is 2.10. The Morgan fingerprint density at radius 3 is 2.68 bits per heavy atom. The third-order valence-electron chi connectivity index (χ3n) is 2.71. The number of hydrogen-bond acceptors (Lipinski definition) is 3. The summed E-state index contributed by atoms with van der Waals surface area (Å²) in [5.41, 5.74) is 0.483. The van der Waals surface area contributed by atoms with Crippen LogP contribution in [-0.4, -0.2) is 43.2 Å². The summed E-state index contributed by atoms with van der Waals surface area (Å²) >= 11 is 0. The van der Waals surface area contributed by atoms with Gasteiger partial charge in [-0.2, -0.15) is 0 Å². The number of nitrogens with zero attached hydrogens (tertiary/aromatic N) is 1. The number of rotatable bonds is 5. The average molecular weight is 269 g/mol. The summed E-state index contributed by atoms with van der Waals surface area (Å²) in [5.74, 6) is -0.538. The van der Waals surface area contributed by atoms with Crippen LogP contribution in [0.2, 0.25) is 0 Å². The minimum Gasteiger partial charge on any atom is -0.508 e. The largest absolute Gasteiger partial charge is 0.508 e. The molecule has 0 aliphatic carbocycles.